The molecule has 0 N–H and O–H groups in total. The van der Waals surface area contributed by atoms with Crippen LogP contribution in [0.4, 0.5) is 0 Å². The second kappa shape index (κ2) is 4.19. The third-order valence-electron chi connectivity index (χ3n) is 2.46. The van der Waals surface area contributed by atoms with Gasteiger partial charge >= 0.3 is 0 Å². The highest BCUT2D eigenvalue weighted by atomic mass is 15.3. The zero-order valence-corrected chi connectivity index (χ0v) is 9.38. The molecule has 0 atom stereocenters. The topological polar surface area (TPSA) is 59.4 Å². The van der Waals surface area contributed by atoms with E-state index in [1.165, 1.54) is 0 Å². The quantitative estimate of drug-likeness (QED) is 0.774. The average molecular weight is 215 g/mol. The fourth-order valence-electron chi connectivity index (χ4n) is 1.62. The lowest BCUT2D eigenvalue weighted by molar-refractivity contribution is 0.525. The molecule has 0 saturated heterocycles. The summed E-state index contributed by atoms with van der Waals surface area (Å²) < 4.78 is 3.86. The summed E-state index contributed by atoms with van der Waals surface area (Å²) in [7, 11) is 0. The summed E-state index contributed by atoms with van der Waals surface area (Å²) in [6, 6.07) is 4.02. The van der Waals surface area contributed by atoms with Gasteiger partial charge in [0.15, 0.2) is 0 Å². The molecule has 0 aliphatic heterocycles. The SMILES string of the molecule is Cc1ncn(CCn2cc(C#N)cc2C)n1. The van der Waals surface area contributed by atoms with Crippen molar-refractivity contribution in [2.45, 2.75) is 26.9 Å². The highest BCUT2D eigenvalue weighted by Crippen LogP contribution is 2.06. The van der Waals surface area contributed by atoms with Crippen LogP contribution in [0, 0.1) is 25.2 Å². The second-order valence-corrected chi connectivity index (χ2v) is 3.73. The molecule has 0 aliphatic carbocycles. The van der Waals surface area contributed by atoms with Gasteiger partial charge in [0.05, 0.1) is 12.1 Å². The average Bonchev–Trinajstić information content (AvgIpc) is 2.82. The molecule has 2 aromatic rings. The molecule has 0 fully saturated rings. The van der Waals surface area contributed by atoms with Crippen molar-refractivity contribution in [3.8, 4) is 6.07 Å². The summed E-state index contributed by atoms with van der Waals surface area (Å²) in [5.41, 5.74) is 1.79. The van der Waals surface area contributed by atoms with Crippen molar-refractivity contribution in [1.29, 1.82) is 5.26 Å². The lowest BCUT2D eigenvalue weighted by Crippen LogP contribution is -2.08. The van der Waals surface area contributed by atoms with Gasteiger partial charge in [-0.25, -0.2) is 4.98 Å². The minimum atomic E-state index is 0.701. The van der Waals surface area contributed by atoms with E-state index in [4.69, 9.17) is 5.26 Å². The number of aryl methyl sites for hydroxylation is 4. The van der Waals surface area contributed by atoms with Crippen molar-refractivity contribution in [2.24, 2.45) is 0 Å². The van der Waals surface area contributed by atoms with Crippen molar-refractivity contribution in [2.75, 3.05) is 0 Å². The zero-order chi connectivity index (χ0) is 11.5. The predicted molar refractivity (Wildman–Crippen MR) is 58.6 cm³/mol. The number of nitriles is 1. The molecule has 5 heteroatoms. The van der Waals surface area contributed by atoms with Crippen molar-refractivity contribution < 1.29 is 0 Å². The smallest absolute Gasteiger partial charge is 0.147 e. The summed E-state index contributed by atoms with van der Waals surface area (Å²) in [5.74, 6) is 0.780. The molecule has 0 spiro atoms. The van der Waals surface area contributed by atoms with Gasteiger partial charge in [-0.3, -0.25) is 4.68 Å². The van der Waals surface area contributed by atoms with Crippen LogP contribution in [0.2, 0.25) is 0 Å². The van der Waals surface area contributed by atoms with Crippen LogP contribution >= 0.6 is 0 Å². The van der Waals surface area contributed by atoms with Crippen LogP contribution < -0.4 is 0 Å². The fraction of sp³-hybridized carbons (Fsp3) is 0.364. The van der Waals surface area contributed by atoms with Crippen LogP contribution in [0.25, 0.3) is 0 Å². The van der Waals surface area contributed by atoms with Gasteiger partial charge in [0.25, 0.3) is 0 Å². The Bertz CT molecular complexity index is 529. The Morgan fingerprint density at radius 2 is 2.19 bits per heavy atom. The van der Waals surface area contributed by atoms with Crippen LogP contribution in [0.3, 0.4) is 0 Å². The van der Waals surface area contributed by atoms with Crippen LogP contribution in [-0.4, -0.2) is 19.3 Å². The van der Waals surface area contributed by atoms with Crippen LogP contribution in [0.5, 0.6) is 0 Å². The largest absolute Gasteiger partial charge is 0.349 e. The van der Waals surface area contributed by atoms with Crippen molar-refractivity contribution in [3.05, 3.63) is 35.7 Å². The summed E-state index contributed by atoms with van der Waals surface area (Å²) >= 11 is 0. The first-order chi connectivity index (χ1) is 7.69. The van der Waals surface area contributed by atoms with Crippen LogP contribution in [-0.2, 0) is 13.1 Å². The Labute approximate surface area is 94.0 Å². The number of hydrogen-bond acceptors (Lipinski definition) is 3. The molecule has 0 unspecified atom stereocenters. The number of aromatic nitrogens is 4. The van der Waals surface area contributed by atoms with Gasteiger partial charge in [-0.05, 0) is 19.9 Å². The fourth-order valence-corrected chi connectivity index (χ4v) is 1.62. The highest BCUT2D eigenvalue weighted by molar-refractivity contribution is 5.29. The maximum Gasteiger partial charge on any atom is 0.147 e. The van der Waals surface area contributed by atoms with Gasteiger partial charge in [0.1, 0.15) is 18.2 Å². The van der Waals surface area contributed by atoms with Crippen LogP contribution in [0.1, 0.15) is 17.1 Å². The Morgan fingerprint density at radius 1 is 1.38 bits per heavy atom. The monoisotopic (exact) mass is 215 g/mol. The maximum atomic E-state index is 8.77. The third-order valence-corrected chi connectivity index (χ3v) is 2.46. The van der Waals surface area contributed by atoms with Gasteiger partial charge in [-0.1, -0.05) is 0 Å². The van der Waals surface area contributed by atoms with E-state index in [0.29, 0.717) is 5.56 Å². The number of rotatable bonds is 3. The summed E-state index contributed by atoms with van der Waals surface area (Å²) in [6.45, 7) is 5.43. The van der Waals surface area contributed by atoms with E-state index in [1.807, 2.05) is 26.1 Å². The highest BCUT2D eigenvalue weighted by Gasteiger charge is 2.02. The standard InChI is InChI=1S/C11H13N5/c1-9-5-11(6-12)7-15(9)3-4-16-8-13-10(2)14-16/h5,7-8H,3-4H2,1-2H3. The maximum absolute atomic E-state index is 8.77. The first-order valence-corrected chi connectivity index (χ1v) is 5.12. The van der Waals surface area contributed by atoms with Gasteiger partial charge in [-0.15, -0.1) is 0 Å². The molecule has 2 aromatic heterocycles. The summed E-state index contributed by atoms with van der Waals surface area (Å²) in [4.78, 5) is 4.06. The molecule has 0 radical (unpaired) electrons. The van der Waals surface area contributed by atoms with Crippen molar-refractivity contribution >= 4 is 0 Å². The van der Waals surface area contributed by atoms with E-state index >= 15 is 0 Å². The molecule has 2 heterocycles. The minimum absolute atomic E-state index is 0.701. The summed E-state index contributed by atoms with van der Waals surface area (Å²) in [6.07, 6.45) is 3.58. The minimum Gasteiger partial charge on any atom is -0.349 e. The predicted octanol–water partition coefficient (Wildman–Crippen LogP) is 1.27. The van der Waals surface area contributed by atoms with E-state index in [9.17, 15) is 0 Å². The lowest BCUT2D eigenvalue weighted by Gasteiger charge is -2.05. The molecular weight excluding hydrogens is 202 g/mol. The second-order valence-electron chi connectivity index (χ2n) is 3.73. The molecule has 0 saturated carbocycles. The first kappa shape index (κ1) is 10.4. The Hall–Kier alpha value is -2.09. The van der Waals surface area contributed by atoms with Crippen LogP contribution in [0.15, 0.2) is 18.6 Å². The van der Waals surface area contributed by atoms with Gasteiger partial charge < -0.3 is 4.57 Å². The molecule has 2 rings (SSSR count). The molecule has 82 valence electrons. The van der Waals surface area contributed by atoms with E-state index in [2.05, 4.69) is 20.7 Å². The Kier molecular flexibility index (Phi) is 2.73. The Morgan fingerprint density at radius 3 is 2.75 bits per heavy atom. The van der Waals surface area contributed by atoms with E-state index in [0.717, 1.165) is 24.6 Å². The molecule has 16 heavy (non-hydrogen) atoms. The molecule has 0 aromatic carbocycles. The lowest BCUT2D eigenvalue weighted by atomic mass is 10.3. The normalized spacial score (nSPS) is 10.3. The molecule has 0 aliphatic rings. The molecular formula is C11H13N5. The number of nitrogens with zero attached hydrogens (tertiary/aromatic N) is 5. The van der Waals surface area contributed by atoms with Gasteiger partial charge in [0.2, 0.25) is 0 Å². The summed E-state index contributed by atoms with van der Waals surface area (Å²) in [5, 5.41) is 13.0. The van der Waals surface area contributed by atoms with Gasteiger partial charge in [0, 0.05) is 18.4 Å². The van der Waals surface area contributed by atoms with E-state index in [-0.39, 0.29) is 0 Å². The molecule has 0 amide bonds. The molecule has 5 nitrogen and oxygen atoms in total. The van der Waals surface area contributed by atoms with Gasteiger partial charge in [-0.2, -0.15) is 10.4 Å². The third kappa shape index (κ3) is 2.11. The van der Waals surface area contributed by atoms with Crippen molar-refractivity contribution in [1.82, 2.24) is 19.3 Å². The zero-order valence-electron chi connectivity index (χ0n) is 9.38. The molecule has 0 bridgehead atoms. The van der Waals surface area contributed by atoms with E-state index < -0.39 is 0 Å². The van der Waals surface area contributed by atoms with Crippen molar-refractivity contribution in [3.63, 3.8) is 0 Å². The number of hydrogen-bond donors (Lipinski definition) is 0. The van der Waals surface area contributed by atoms with E-state index in [1.54, 1.807) is 11.0 Å². The first-order valence-electron chi connectivity index (χ1n) is 5.12. The Balaban J connectivity index is 2.05.